The fraction of sp³-hybridized carbons (Fsp3) is 0.407. The first-order valence-corrected chi connectivity index (χ1v) is 12.2. The van der Waals surface area contributed by atoms with Crippen molar-refractivity contribution in [2.45, 2.75) is 51.7 Å². The highest BCUT2D eigenvalue weighted by atomic mass is 16.5. The van der Waals surface area contributed by atoms with E-state index >= 15 is 0 Å². The molecule has 2 aliphatic rings. The highest BCUT2D eigenvalue weighted by Crippen LogP contribution is 2.37. The van der Waals surface area contributed by atoms with Gasteiger partial charge in [-0.2, -0.15) is 10.2 Å². The number of aromatic nitrogens is 2. The smallest absolute Gasteiger partial charge is 0.258 e. The Morgan fingerprint density at radius 3 is 2.89 bits per heavy atom. The predicted octanol–water partition coefficient (Wildman–Crippen LogP) is 4.26. The van der Waals surface area contributed by atoms with Crippen molar-refractivity contribution in [2.75, 3.05) is 19.6 Å². The molecule has 3 aromatic rings. The minimum atomic E-state index is -0.0280. The van der Waals surface area contributed by atoms with Crippen LogP contribution in [0.25, 0.3) is 22.8 Å². The summed E-state index contributed by atoms with van der Waals surface area (Å²) in [5, 5.41) is 17.2. The van der Waals surface area contributed by atoms with E-state index in [1.165, 1.54) is 11.1 Å². The first-order valence-electron chi connectivity index (χ1n) is 12.2. The Morgan fingerprint density at radius 2 is 2.11 bits per heavy atom. The Morgan fingerprint density at radius 1 is 1.29 bits per heavy atom. The van der Waals surface area contributed by atoms with Crippen LogP contribution in [0.15, 0.2) is 40.9 Å². The molecule has 35 heavy (non-hydrogen) atoms. The lowest BCUT2D eigenvalue weighted by Gasteiger charge is -2.19. The third-order valence-electron chi connectivity index (χ3n) is 6.61. The second-order valence-corrected chi connectivity index (χ2v) is 9.35. The van der Waals surface area contributed by atoms with Crippen LogP contribution in [0, 0.1) is 11.3 Å². The molecule has 0 spiro atoms. The minimum Gasteiger partial charge on any atom is -0.490 e. The third-order valence-corrected chi connectivity index (χ3v) is 6.61. The van der Waals surface area contributed by atoms with E-state index in [1.807, 2.05) is 36.9 Å². The van der Waals surface area contributed by atoms with E-state index in [9.17, 15) is 10.1 Å². The van der Waals surface area contributed by atoms with E-state index in [0.717, 1.165) is 44.3 Å². The second-order valence-electron chi connectivity index (χ2n) is 9.35. The summed E-state index contributed by atoms with van der Waals surface area (Å²) >= 11 is 0. The van der Waals surface area contributed by atoms with Gasteiger partial charge in [0, 0.05) is 30.3 Å². The molecule has 1 aliphatic heterocycles. The predicted molar refractivity (Wildman–Crippen MR) is 131 cm³/mol. The highest BCUT2D eigenvalue weighted by Gasteiger charge is 2.28. The molecule has 1 saturated heterocycles. The number of amides is 1. The number of fused-ring (bicyclic) bond motifs is 1. The van der Waals surface area contributed by atoms with Gasteiger partial charge in [0.05, 0.1) is 18.2 Å². The topological polar surface area (TPSA) is 104 Å². The van der Waals surface area contributed by atoms with Gasteiger partial charge in [0.15, 0.2) is 0 Å². The fourth-order valence-corrected chi connectivity index (χ4v) is 4.92. The summed E-state index contributed by atoms with van der Waals surface area (Å²) in [7, 11) is 0. The maximum Gasteiger partial charge on any atom is 0.258 e. The van der Waals surface area contributed by atoms with Crippen LogP contribution in [0.2, 0.25) is 0 Å². The summed E-state index contributed by atoms with van der Waals surface area (Å²) in [5.74, 6) is 1.59. The lowest BCUT2D eigenvalue weighted by Crippen LogP contribution is -2.37. The number of benzene rings is 2. The Bertz CT molecular complexity index is 1270. The monoisotopic (exact) mass is 471 g/mol. The summed E-state index contributed by atoms with van der Waals surface area (Å²) in [6, 6.07) is 13.7. The lowest BCUT2D eigenvalue weighted by molar-refractivity contribution is -0.129. The molecule has 1 atom stereocenters. The number of likely N-dealkylation sites (tertiary alicyclic amines) is 1. The van der Waals surface area contributed by atoms with E-state index in [4.69, 9.17) is 9.26 Å². The summed E-state index contributed by atoms with van der Waals surface area (Å²) in [6.07, 6.45) is 3.97. The van der Waals surface area contributed by atoms with Crippen molar-refractivity contribution >= 4 is 5.91 Å². The van der Waals surface area contributed by atoms with Crippen LogP contribution in [0.4, 0.5) is 0 Å². The first kappa shape index (κ1) is 23.1. The highest BCUT2D eigenvalue weighted by molar-refractivity contribution is 5.78. The number of nitriles is 1. The molecule has 0 saturated carbocycles. The van der Waals surface area contributed by atoms with Crippen LogP contribution >= 0.6 is 0 Å². The van der Waals surface area contributed by atoms with Gasteiger partial charge < -0.3 is 19.5 Å². The molecular formula is C27H29N5O3. The van der Waals surface area contributed by atoms with Gasteiger partial charge in [-0.15, -0.1) is 0 Å². The maximum atomic E-state index is 12.5. The number of nitrogens with zero attached hydrogens (tertiary/aromatic N) is 4. The molecule has 1 unspecified atom stereocenters. The average molecular weight is 472 g/mol. The summed E-state index contributed by atoms with van der Waals surface area (Å²) in [6.45, 7) is 5.94. The number of ether oxygens (including phenoxy) is 1. The van der Waals surface area contributed by atoms with Crippen molar-refractivity contribution in [1.29, 1.82) is 5.26 Å². The van der Waals surface area contributed by atoms with E-state index < -0.39 is 0 Å². The molecule has 0 bridgehead atoms. The van der Waals surface area contributed by atoms with Gasteiger partial charge in [-0.05, 0) is 68.9 Å². The largest absolute Gasteiger partial charge is 0.490 e. The van der Waals surface area contributed by atoms with E-state index in [1.54, 1.807) is 12.1 Å². The lowest BCUT2D eigenvalue weighted by atomic mass is 10.0. The third kappa shape index (κ3) is 4.77. The van der Waals surface area contributed by atoms with Gasteiger partial charge in [0.2, 0.25) is 11.7 Å². The maximum absolute atomic E-state index is 12.5. The SMILES string of the molecule is CC(C)Oc1ccc(-c2nc(-c3cccc4c3CCC4NCC(=O)N3CCCC3)no2)cc1C#N. The van der Waals surface area contributed by atoms with Crippen LogP contribution < -0.4 is 10.1 Å². The van der Waals surface area contributed by atoms with E-state index in [-0.39, 0.29) is 18.1 Å². The average Bonchev–Trinajstić information content (AvgIpc) is 3.63. The van der Waals surface area contributed by atoms with Crippen LogP contribution in [0.5, 0.6) is 5.75 Å². The quantitative estimate of drug-likeness (QED) is 0.549. The van der Waals surface area contributed by atoms with Gasteiger partial charge in [-0.3, -0.25) is 4.79 Å². The molecule has 5 rings (SSSR count). The molecule has 180 valence electrons. The standard InChI is InChI=1S/C27H29N5O3/c1-17(2)34-24-11-8-18(14-19(24)15-28)27-30-26(31-35-27)22-7-5-6-21-20(22)9-10-23(21)29-16-25(33)32-12-3-4-13-32/h5-8,11,14,17,23,29H,3-4,9-10,12-13,16H2,1-2H3. The Hall–Kier alpha value is -3.70. The molecule has 8 heteroatoms. The van der Waals surface area contributed by atoms with Crippen molar-refractivity contribution in [3.05, 3.63) is 53.1 Å². The van der Waals surface area contributed by atoms with Crippen LogP contribution in [0.1, 0.15) is 55.8 Å². The zero-order valence-corrected chi connectivity index (χ0v) is 20.1. The molecular weight excluding hydrogens is 442 g/mol. The number of hydrogen-bond acceptors (Lipinski definition) is 7. The fourth-order valence-electron chi connectivity index (χ4n) is 4.92. The molecule has 0 radical (unpaired) electrons. The van der Waals surface area contributed by atoms with Crippen molar-refractivity contribution < 1.29 is 14.1 Å². The van der Waals surface area contributed by atoms with Gasteiger partial charge in [0.1, 0.15) is 11.8 Å². The normalized spacial score (nSPS) is 17.0. The van der Waals surface area contributed by atoms with Gasteiger partial charge >= 0.3 is 0 Å². The number of carbonyl (C=O) groups is 1. The number of hydrogen-bond donors (Lipinski definition) is 1. The number of nitrogens with one attached hydrogen (secondary N) is 1. The summed E-state index contributed by atoms with van der Waals surface area (Å²) in [5.41, 5.74) is 4.40. The first-order chi connectivity index (χ1) is 17.0. The van der Waals surface area contributed by atoms with Gasteiger partial charge in [-0.25, -0.2) is 0 Å². The summed E-state index contributed by atoms with van der Waals surface area (Å²) in [4.78, 5) is 19.0. The van der Waals surface area contributed by atoms with Crippen LogP contribution in [-0.4, -0.2) is 46.7 Å². The molecule has 1 N–H and O–H groups in total. The van der Waals surface area contributed by atoms with Crippen molar-refractivity contribution in [1.82, 2.24) is 20.4 Å². The second kappa shape index (κ2) is 9.88. The molecule has 1 aromatic heterocycles. The van der Waals surface area contributed by atoms with Crippen LogP contribution in [0.3, 0.4) is 0 Å². The molecule has 8 nitrogen and oxygen atoms in total. The Balaban J connectivity index is 1.34. The van der Waals surface area contributed by atoms with E-state index in [2.05, 4.69) is 27.6 Å². The van der Waals surface area contributed by atoms with Gasteiger partial charge in [-0.1, -0.05) is 23.4 Å². The molecule has 1 amide bonds. The Kier molecular flexibility index (Phi) is 6.51. The van der Waals surface area contributed by atoms with Crippen molar-refractivity contribution in [3.63, 3.8) is 0 Å². The van der Waals surface area contributed by atoms with Crippen molar-refractivity contribution in [2.24, 2.45) is 0 Å². The zero-order valence-electron chi connectivity index (χ0n) is 20.1. The number of rotatable bonds is 7. The molecule has 1 fully saturated rings. The Labute approximate surface area is 204 Å². The zero-order chi connectivity index (χ0) is 24.4. The molecule has 2 heterocycles. The summed E-state index contributed by atoms with van der Waals surface area (Å²) < 4.78 is 11.3. The molecule has 2 aromatic carbocycles. The van der Waals surface area contributed by atoms with Crippen LogP contribution in [-0.2, 0) is 11.2 Å². The van der Waals surface area contributed by atoms with Gasteiger partial charge in [0.25, 0.3) is 5.89 Å². The van der Waals surface area contributed by atoms with E-state index in [0.29, 0.717) is 35.1 Å². The minimum absolute atomic E-state index is 0.0280. The van der Waals surface area contributed by atoms with Crippen molar-refractivity contribution in [3.8, 4) is 34.7 Å². The molecule has 1 aliphatic carbocycles. The number of carbonyl (C=O) groups excluding carboxylic acids is 1.